The Morgan fingerprint density at radius 3 is 3.00 bits per heavy atom. The molecule has 0 bridgehead atoms. The molecule has 0 aromatic carbocycles. The van der Waals surface area contributed by atoms with Gasteiger partial charge in [-0.15, -0.1) is 16.7 Å². The number of hydrogen-bond acceptors (Lipinski definition) is 4. The van der Waals surface area contributed by atoms with E-state index >= 15 is 0 Å². The first kappa shape index (κ1) is 10.4. The van der Waals surface area contributed by atoms with Crippen LogP contribution in [0.15, 0.2) is 4.42 Å². The molecular formula is C9H12ClN3O2. The summed E-state index contributed by atoms with van der Waals surface area (Å²) in [6.07, 6.45) is 3.23. The van der Waals surface area contributed by atoms with Gasteiger partial charge in [0.05, 0.1) is 0 Å². The normalized spacial score (nSPS) is 15.3. The second-order valence-electron chi connectivity index (χ2n) is 3.56. The standard InChI is InChI=1S/C9H12ClN3O2/c10-5-1-2-7(14)11-9-13-12-8(15-9)6-3-4-6/h6H,1-5H2,(H,11,13,14). The molecule has 1 aliphatic carbocycles. The molecule has 5 nitrogen and oxygen atoms in total. The van der Waals surface area contributed by atoms with Gasteiger partial charge in [0.25, 0.3) is 0 Å². The van der Waals surface area contributed by atoms with Crippen LogP contribution in [0.4, 0.5) is 6.01 Å². The number of nitrogens with one attached hydrogen (secondary N) is 1. The van der Waals surface area contributed by atoms with Crippen LogP contribution in [0.5, 0.6) is 0 Å². The fourth-order valence-corrected chi connectivity index (χ4v) is 1.32. The van der Waals surface area contributed by atoms with E-state index in [-0.39, 0.29) is 11.9 Å². The van der Waals surface area contributed by atoms with Crippen molar-refractivity contribution >= 4 is 23.5 Å². The maximum Gasteiger partial charge on any atom is 0.322 e. The first-order valence-corrected chi connectivity index (χ1v) is 5.52. The zero-order valence-electron chi connectivity index (χ0n) is 8.20. The molecule has 0 unspecified atom stereocenters. The van der Waals surface area contributed by atoms with Crippen LogP contribution in [0.2, 0.25) is 0 Å². The zero-order chi connectivity index (χ0) is 10.7. The lowest BCUT2D eigenvalue weighted by Crippen LogP contribution is -2.11. The third kappa shape index (κ3) is 2.92. The van der Waals surface area contributed by atoms with Crippen molar-refractivity contribution in [2.45, 2.75) is 31.6 Å². The number of nitrogens with zero attached hydrogens (tertiary/aromatic N) is 2. The fourth-order valence-electron chi connectivity index (χ4n) is 1.19. The highest BCUT2D eigenvalue weighted by Crippen LogP contribution is 2.39. The molecule has 0 saturated heterocycles. The molecule has 1 amide bonds. The van der Waals surface area contributed by atoms with Gasteiger partial charge in [-0.05, 0) is 19.3 Å². The van der Waals surface area contributed by atoms with Crippen molar-refractivity contribution in [1.29, 1.82) is 0 Å². The molecule has 1 aromatic heterocycles. The molecule has 1 N–H and O–H groups in total. The molecule has 2 rings (SSSR count). The van der Waals surface area contributed by atoms with Crippen molar-refractivity contribution in [3.63, 3.8) is 0 Å². The average molecular weight is 230 g/mol. The van der Waals surface area contributed by atoms with Gasteiger partial charge in [0.2, 0.25) is 11.8 Å². The number of hydrogen-bond donors (Lipinski definition) is 1. The summed E-state index contributed by atoms with van der Waals surface area (Å²) in [6.45, 7) is 0. The Balaban J connectivity index is 1.84. The van der Waals surface area contributed by atoms with Crippen molar-refractivity contribution < 1.29 is 9.21 Å². The van der Waals surface area contributed by atoms with Crippen molar-refractivity contribution in [3.05, 3.63) is 5.89 Å². The highest BCUT2D eigenvalue weighted by molar-refractivity contribution is 6.18. The summed E-state index contributed by atoms with van der Waals surface area (Å²) in [6, 6.07) is 0.191. The molecule has 1 aliphatic rings. The molecule has 6 heteroatoms. The summed E-state index contributed by atoms with van der Waals surface area (Å²) in [4.78, 5) is 11.3. The van der Waals surface area contributed by atoms with E-state index in [1.165, 1.54) is 0 Å². The van der Waals surface area contributed by atoms with Crippen molar-refractivity contribution in [3.8, 4) is 0 Å². The molecule has 82 valence electrons. The number of carbonyl (C=O) groups is 1. The summed E-state index contributed by atoms with van der Waals surface area (Å²) in [5, 5.41) is 10.1. The van der Waals surface area contributed by atoms with E-state index in [2.05, 4.69) is 15.5 Å². The van der Waals surface area contributed by atoms with Gasteiger partial charge in [0.15, 0.2) is 0 Å². The number of aromatic nitrogens is 2. The third-order valence-electron chi connectivity index (χ3n) is 2.15. The highest BCUT2D eigenvalue weighted by atomic mass is 35.5. The Morgan fingerprint density at radius 1 is 1.53 bits per heavy atom. The summed E-state index contributed by atoms with van der Waals surface area (Å²) in [7, 11) is 0. The van der Waals surface area contributed by atoms with Crippen molar-refractivity contribution in [1.82, 2.24) is 10.2 Å². The minimum Gasteiger partial charge on any atom is -0.408 e. The molecule has 1 aromatic rings. The Kier molecular flexibility index (Phi) is 3.20. The van der Waals surface area contributed by atoms with Crippen molar-refractivity contribution in [2.24, 2.45) is 0 Å². The molecule has 0 radical (unpaired) electrons. The number of rotatable bonds is 5. The first-order valence-electron chi connectivity index (χ1n) is 4.99. The van der Waals surface area contributed by atoms with E-state index < -0.39 is 0 Å². The van der Waals surface area contributed by atoms with Crippen LogP contribution >= 0.6 is 11.6 Å². The predicted molar refractivity (Wildman–Crippen MR) is 54.9 cm³/mol. The van der Waals surface area contributed by atoms with Gasteiger partial charge in [0.1, 0.15) is 0 Å². The van der Waals surface area contributed by atoms with Crippen LogP contribution in [-0.4, -0.2) is 22.0 Å². The number of halogens is 1. The summed E-state index contributed by atoms with van der Waals surface area (Å²) in [5.41, 5.74) is 0. The third-order valence-corrected chi connectivity index (χ3v) is 2.42. The van der Waals surface area contributed by atoms with Crippen LogP contribution in [0, 0.1) is 0 Å². The van der Waals surface area contributed by atoms with E-state index in [1.54, 1.807) is 0 Å². The lowest BCUT2D eigenvalue weighted by molar-refractivity contribution is -0.116. The molecule has 0 aliphatic heterocycles. The number of amides is 1. The number of anilines is 1. The lowest BCUT2D eigenvalue weighted by atomic mass is 10.3. The molecule has 1 fully saturated rings. The van der Waals surface area contributed by atoms with Gasteiger partial charge < -0.3 is 4.42 Å². The van der Waals surface area contributed by atoms with Crippen LogP contribution in [0.3, 0.4) is 0 Å². The number of alkyl halides is 1. The monoisotopic (exact) mass is 229 g/mol. The Morgan fingerprint density at radius 2 is 2.33 bits per heavy atom. The maximum atomic E-state index is 11.3. The molecular weight excluding hydrogens is 218 g/mol. The number of carbonyl (C=O) groups excluding carboxylic acids is 1. The second-order valence-corrected chi connectivity index (χ2v) is 3.94. The first-order chi connectivity index (χ1) is 7.29. The van der Waals surface area contributed by atoms with E-state index in [1.807, 2.05) is 0 Å². The van der Waals surface area contributed by atoms with E-state index in [0.29, 0.717) is 30.5 Å². The molecule has 15 heavy (non-hydrogen) atoms. The van der Waals surface area contributed by atoms with Gasteiger partial charge in [-0.3, -0.25) is 10.1 Å². The van der Waals surface area contributed by atoms with Crippen LogP contribution < -0.4 is 5.32 Å². The summed E-state index contributed by atoms with van der Waals surface area (Å²) < 4.78 is 5.27. The van der Waals surface area contributed by atoms with Crippen LogP contribution in [-0.2, 0) is 4.79 Å². The summed E-state index contributed by atoms with van der Waals surface area (Å²) in [5.74, 6) is 1.38. The van der Waals surface area contributed by atoms with Crippen molar-refractivity contribution in [2.75, 3.05) is 11.2 Å². The highest BCUT2D eigenvalue weighted by Gasteiger charge is 2.29. The Bertz CT molecular complexity index is 349. The van der Waals surface area contributed by atoms with Crippen LogP contribution in [0.25, 0.3) is 0 Å². The van der Waals surface area contributed by atoms with Gasteiger partial charge in [-0.1, -0.05) is 5.10 Å². The molecule has 0 atom stereocenters. The van der Waals surface area contributed by atoms with Gasteiger partial charge in [-0.25, -0.2) is 0 Å². The van der Waals surface area contributed by atoms with E-state index in [9.17, 15) is 4.79 Å². The smallest absolute Gasteiger partial charge is 0.322 e. The maximum absolute atomic E-state index is 11.3. The lowest BCUT2D eigenvalue weighted by Gasteiger charge is -1.97. The minimum absolute atomic E-state index is 0.137. The van der Waals surface area contributed by atoms with Gasteiger partial charge >= 0.3 is 6.01 Å². The molecule has 1 heterocycles. The van der Waals surface area contributed by atoms with Gasteiger partial charge in [-0.2, -0.15) is 0 Å². The zero-order valence-corrected chi connectivity index (χ0v) is 8.96. The predicted octanol–water partition coefficient (Wildman–Crippen LogP) is 1.90. The Labute approximate surface area is 92.2 Å². The minimum atomic E-state index is -0.137. The quantitative estimate of drug-likeness (QED) is 0.783. The molecule has 0 spiro atoms. The largest absolute Gasteiger partial charge is 0.408 e. The van der Waals surface area contributed by atoms with E-state index in [0.717, 1.165) is 12.8 Å². The topological polar surface area (TPSA) is 68.0 Å². The SMILES string of the molecule is O=C(CCCCl)Nc1nnc(C2CC2)o1. The average Bonchev–Trinajstić information content (AvgIpc) is 2.98. The Hall–Kier alpha value is -1.10. The summed E-state index contributed by atoms with van der Waals surface area (Å²) >= 11 is 5.47. The van der Waals surface area contributed by atoms with E-state index in [4.69, 9.17) is 16.0 Å². The molecule has 1 saturated carbocycles. The second kappa shape index (κ2) is 4.61. The van der Waals surface area contributed by atoms with Crippen LogP contribution in [0.1, 0.15) is 37.5 Å². The fraction of sp³-hybridized carbons (Fsp3) is 0.667. The van der Waals surface area contributed by atoms with Gasteiger partial charge in [0, 0.05) is 18.2 Å².